The van der Waals surface area contributed by atoms with Crippen LogP contribution in [0, 0.1) is 0 Å². The van der Waals surface area contributed by atoms with E-state index in [1.54, 1.807) is 0 Å². The molecule has 25 heavy (non-hydrogen) atoms. The van der Waals surface area contributed by atoms with Crippen LogP contribution in [0.25, 0.3) is 0 Å². The summed E-state index contributed by atoms with van der Waals surface area (Å²) in [5.41, 5.74) is 1.31. The normalized spacial score (nSPS) is 17.8. The number of nitrogens with zero attached hydrogens (tertiary/aromatic N) is 3. The van der Waals surface area contributed by atoms with Gasteiger partial charge < -0.3 is 19.9 Å². The summed E-state index contributed by atoms with van der Waals surface area (Å²) >= 11 is 0. The van der Waals surface area contributed by atoms with Gasteiger partial charge in [-0.15, -0.1) is 0 Å². The zero-order valence-electron chi connectivity index (χ0n) is 16.2. The second-order valence-electron chi connectivity index (χ2n) is 6.73. The van der Waals surface area contributed by atoms with Gasteiger partial charge in [0, 0.05) is 26.2 Å². The molecule has 0 amide bonds. The Balaban J connectivity index is 2.03. The maximum atomic E-state index is 5.76. The van der Waals surface area contributed by atoms with Crippen molar-refractivity contribution in [2.45, 2.75) is 38.8 Å². The lowest BCUT2D eigenvalue weighted by Gasteiger charge is -2.34. The molecule has 5 nitrogen and oxygen atoms in total. The van der Waals surface area contributed by atoms with Crippen LogP contribution in [0.15, 0.2) is 35.3 Å². The predicted molar refractivity (Wildman–Crippen MR) is 105 cm³/mol. The Bertz CT molecular complexity index is 510. The van der Waals surface area contributed by atoms with Gasteiger partial charge in [-0.25, -0.2) is 0 Å². The van der Waals surface area contributed by atoms with Gasteiger partial charge >= 0.3 is 0 Å². The van der Waals surface area contributed by atoms with Crippen molar-refractivity contribution in [2.75, 3.05) is 46.9 Å². The molecule has 1 N–H and O–H groups in total. The number of aliphatic imine (C=N–C) groups is 1. The van der Waals surface area contributed by atoms with E-state index in [1.807, 2.05) is 0 Å². The Morgan fingerprint density at radius 3 is 2.48 bits per heavy atom. The molecule has 0 saturated carbocycles. The molecule has 1 atom stereocenters. The van der Waals surface area contributed by atoms with Crippen molar-refractivity contribution >= 4 is 5.96 Å². The van der Waals surface area contributed by atoms with Gasteiger partial charge in [-0.05, 0) is 46.3 Å². The van der Waals surface area contributed by atoms with Gasteiger partial charge in [-0.3, -0.25) is 4.99 Å². The molecule has 0 bridgehead atoms. The van der Waals surface area contributed by atoms with Crippen molar-refractivity contribution in [2.24, 2.45) is 4.99 Å². The second kappa shape index (κ2) is 10.4. The number of hydrogen-bond acceptors (Lipinski definition) is 3. The lowest BCUT2D eigenvalue weighted by atomic mass is 10.1. The summed E-state index contributed by atoms with van der Waals surface area (Å²) in [7, 11) is 4.24. The molecule has 1 heterocycles. The van der Waals surface area contributed by atoms with Crippen molar-refractivity contribution in [1.29, 1.82) is 0 Å². The van der Waals surface area contributed by atoms with Crippen molar-refractivity contribution in [1.82, 2.24) is 15.1 Å². The number of ether oxygens (including phenoxy) is 1. The van der Waals surface area contributed by atoms with Crippen LogP contribution in [-0.2, 0) is 4.74 Å². The first-order valence-corrected chi connectivity index (χ1v) is 9.51. The lowest BCUT2D eigenvalue weighted by molar-refractivity contribution is 0.0263. The number of likely N-dealkylation sites (N-methyl/N-ethyl adjacent to an activating group) is 1. The molecule has 0 aromatic heterocycles. The number of guanidine groups is 1. The van der Waals surface area contributed by atoms with Crippen LogP contribution in [0.1, 0.15) is 38.3 Å². The minimum Gasteiger partial charge on any atom is -0.378 e. The summed E-state index contributed by atoms with van der Waals surface area (Å²) in [6, 6.07) is 10.9. The summed E-state index contributed by atoms with van der Waals surface area (Å²) in [5, 5.41) is 3.46. The Morgan fingerprint density at radius 2 is 1.92 bits per heavy atom. The van der Waals surface area contributed by atoms with E-state index in [-0.39, 0.29) is 6.04 Å². The van der Waals surface area contributed by atoms with E-state index in [0.29, 0.717) is 6.10 Å². The van der Waals surface area contributed by atoms with Gasteiger partial charge in [-0.1, -0.05) is 30.3 Å². The second-order valence-corrected chi connectivity index (χ2v) is 6.73. The molecule has 1 unspecified atom stereocenters. The van der Waals surface area contributed by atoms with Crippen molar-refractivity contribution in [3.05, 3.63) is 35.9 Å². The zero-order valence-corrected chi connectivity index (χ0v) is 16.2. The van der Waals surface area contributed by atoms with E-state index in [4.69, 9.17) is 9.73 Å². The minimum atomic E-state index is 0.288. The van der Waals surface area contributed by atoms with Crippen LogP contribution >= 0.6 is 0 Å². The SMILES string of the molecule is CCNC(=NCC(c1ccccc1)N(C)C)N1CCC(OCC)CC1. The monoisotopic (exact) mass is 346 g/mol. The molecule has 1 saturated heterocycles. The third-order valence-corrected chi connectivity index (χ3v) is 4.70. The number of piperidine rings is 1. The molecule has 1 fully saturated rings. The highest BCUT2D eigenvalue weighted by Crippen LogP contribution is 2.19. The Hall–Kier alpha value is -1.59. The summed E-state index contributed by atoms with van der Waals surface area (Å²) in [6.07, 6.45) is 2.56. The molecule has 0 radical (unpaired) electrons. The van der Waals surface area contributed by atoms with E-state index in [9.17, 15) is 0 Å². The standard InChI is InChI=1S/C20H34N4O/c1-5-21-20(24-14-12-18(13-15-24)25-6-2)22-16-19(23(3)4)17-10-8-7-9-11-17/h7-11,18-19H,5-6,12-16H2,1-4H3,(H,21,22). The number of likely N-dealkylation sites (tertiary alicyclic amines) is 1. The summed E-state index contributed by atoms with van der Waals surface area (Å²) in [4.78, 5) is 9.57. The molecule has 140 valence electrons. The predicted octanol–water partition coefficient (Wildman–Crippen LogP) is 2.76. The molecule has 0 aliphatic carbocycles. The van der Waals surface area contributed by atoms with Gasteiger partial charge in [0.05, 0.1) is 18.7 Å². The molecule has 2 rings (SSSR count). The molecule has 1 aromatic rings. The van der Waals surface area contributed by atoms with Gasteiger partial charge in [0.15, 0.2) is 5.96 Å². The van der Waals surface area contributed by atoms with Crippen molar-refractivity contribution in [3.63, 3.8) is 0 Å². The third kappa shape index (κ3) is 6.01. The van der Waals surface area contributed by atoms with Crippen molar-refractivity contribution < 1.29 is 4.74 Å². The Labute approximate surface area is 153 Å². The topological polar surface area (TPSA) is 40.1 Å². The number of nitrogens with one attached hydrogen (secondary N) is 1. The summed E-state index contributed by atoms with van der Waals surface area (Å²) < 4.78 is 5.76. The molecule has 1 aliphatic heterocycles. The van der Waals surface area contributed by atoms with Gasteiger partial charge in [0.2, 0.25) is 0 Å². The largest absolute Gasteiger partial charge is 0.378 e. The average molecular weight is 347 g/mol. The van der Waals surface area contributed by atoms with Crippen LogP contribution in [0.5, 0.6) is 0 Å². The quantitative estimate of drug-likeness (QED) is 0.609. The molecule has 0 spiro atoms. The highest BCUT2D eigenvalue weighted by Gasteiger charge is 2.22. The van der Waals surface area contributed by atoms with E-state index in [2.05, 4.69) is 73.4 Å². The number of rotatable bonds is 7. The molecule has 1 aliphatic rings. The Kier molecular flexibility index (Phi) is 8.22. The maximum absolute atomic E-state index is 5.76. The first-order valence-electron chi connectivity index (χ1n) is 9.51. The van der Waals surface area contributed by atoms with Crippen LogP contribution in [0.4, 0.5) is 0 Å². The van der Waals surface area contributed by atoms with E-state index in [0.717, 1.165) is 51.6 Å². The highest BCUT2D eigenvalue weighted by atomic mass is 16.5. The molecule has 5 heteroatoms. The van der Waals surface area contributed by atoms with E-state index in [1.165, 1.54) is 5.56 Å². The average Bonchev–Trinajstić information content (AvgIpc) is 2.63. The van der Waals surface area contributed by atoms with Gasteiger partial charge in [0.1, 0.15) is 0 Å². The minimum absolute atomic E-state index is 0.288. The van der Waals surface area contributed by atoms with Crippen molar-refractivity contribution in [3.8, 4) is 0 Å². The molecular formula is C20H34N4O. The summed E-state index contributed by atoms with van der Waals surface area (Å²) in [6.45, 7) is 8.67. The van der Waals surface area contributed by atoms with Crippen LogP contribution in [-0.4, -0.2) is 68.7 Å². The van der Waals surface area contributed by atoms with E-state index < -0.39 is 0 Å². The summed E-state index contributed by atoms with van der Waals surface area (Å²) in [5.74, 6) is 1.03. The number of benzene rings is 1. The van der Waals surface area contributed by atoms with Crippen LogP contribution < -0.4 is 5.32 Å². The smallest absolute Gasteiger partial charge is 0.193 e. The highest BCUT2D eigenvalue weighted by molar-refractivity contribution is 5.80. The Morgan fingerprint density at radius 1 is 1.24 bits per heavy atom. The van der Waals surface area contributed by atoms with E-state index >= 15 is 0 Å². The molecule has 1 aromatic carbocycles. The fourth-order valence-corrected chi connectivity index (χ4v) is 3.31. The fourth-order valence-electron chi connectivity index (χ4n) is 3.31. The fraction of sp³-hybridized carbons (Fsp3) is 0.650. The zero-order chi connectivity index (χ0) is 18.1. The third-order valence-electron chi connectivity index (χ3n) is 4.70. The molecular weight excluding hydrogens is 312 g/mol. The van der Waals surface area contributed by atoms with Gasteiger partial charge in [-0.2, -0.15) is 0 Å². The van der Waals surface area contributed by atoms with Crippen LogP contribution in [0.2, 0.25) is 0 Å². The number of hydrogen-bond donors (Lipinski definition) is 1. The first-order chi connectivity index (χ1) is 12.2. The maximum Gasteiger partial charge on any atom is 0.193 e. The first kappa shape index (κ1) is 19.7. The van der Waals surface area contributed by atoms with Gasteiger partial charge in [0.25, 0.3) is 0 Å². The van der Waals surface area contributed by atoms with Crippen LogP contribution in [0.3, 0.4) is 0 Å². The lowest BCUT2D eigenvalue weighted by Crippen LogP contribution is -2.47.